The van der Waals surface area contributed by atoms with Gasteiger partial charge in [0.25, 0.3) is 0 Å². The first-order chi connectivity index (χ1) is 5.25. The third-order valence-corrected chi connectivity index (χ3v) is 2.11. The van der Waals surface area contributed by atoms with E-state index in [2.05, 4.69) is 19.1 Å². The standard InChI is InChI=1S/C10H12O/c1-7-3-4-10-9(5-7)6-8(2)11-10/h5-6H,3-4H2,1-2H3. The summed E-state index contributed by atoms with van der Waals surface area (Å²) in [7, 11) is 0. The molecule has 1 nitrogen and oxygen atoms in total. The summed E-state index contributed by atoms with van der Waals surface area (Å²) in [6, 6.07) is 2.11. The van der Waals surface area contributed by atoms with Crippen molar-refractivity contribution >= 4 is 6.08 Å². The topological polar surface area (TPSA) is 13.1 Å². The van der Waals surface area contributed by atoms with Crippen molar-refractivity contribution in [3.63, 3.8) is 0 Å². The highest BCUT2D eigenvalue weighted by Crippen LogP contribution is 2.25. The first kappa shape index (κ1) is 6.71. The van der Waals surface area contributed by atoms with E-state index in [0.29, 0.717) is 0 Å². The van der Waals surface area contributed by atoms with Crippen LogP contribution in [0.4, 0.5) is 0 Å². The second kappa shape index (κ2) is 2.26. The van der Waals surface area contributed by atoms with E-state index in [1.54, 1.807) is 0 Å². The Labute approximate surface area is 66.7 Å². The van der Waals surface area contributed by atoms with Gasteiger partial charge in [-0.25, -0.2) is 0 Å². The number of fused-ring (bicyclic) bond motifs is 1. The van der Waals surface area contributed by atoms with E-state index in [1.807, 2.05) is 6.92 Å². The second-order valence-corrected chi connectivity index (χ2v) is 3.23. The molecule has 0 atom stereocenters. The van der Waals surface area contributed by atoms with Crippen LogP contribution >= 0.6 is 0 Å². The van der Waals surface area contributed by atoms with Crippen molar-refractivity contribution in [3.05, 3.63) is 28.7 Å². The van der Waals surface area contributed by atoms with Crippen LogP contribution in [0.1, 0.15) is 30.4 Å². The summed E-state index contributed by atoms with van der Waals surface area (Å²) in [5, 5.41) is 0. The molecule has 2 rings (SSSR count). The van der Waals surface area contributed by atoms with Crippen molar-refractivity contribution in [1.29, 1.82) is 0 Å². The lowest BCUT2D eigenvalue weighted by atomic mass is 10.00. The van der Waals surface area contributed by atoms with Gasteiger partial charge in [-0.3, -0.25) is 0 Å². The van der Waals surface area contributed by atoms with Gasteiger partial charge < -0.3 is 4.42 Å². The van der Waals surface area contributed by atoms with Gasteiger partial charge >= 0.3 is 0 Å². The molecule has 0 amide bonds. The number of furan rings is 1. The van der Waals surface area contributed by atoms with Crippen LogP contribution in [0.2, 0.25) is 0 Å². The van der Waals surface area contributed by atoms with E-state index in [4.69, 9.17) is 4.42 Å². The summed E-state index contributed by atoms with van der Waals surface area (Å²) < 4.78 is 5.51. The first-order valence-corrected chi connectivity index (χ1v) is 4.02. The zero-order valence-electron chi connectivity index (χ0n) is 6.98. The van der Waals surface area contributed by atoms with Gasteiger partial charge in [0, 0.05) is 12.0 Å². The van der Waals surface area contributed by atoms with Crippen molar-refractivity contribution in [2.45, 2.75) is 26.7 Å². The van der Waals surface area contributed by atoms with Crippen molar-refractivity contribution in [2.24, 2.45) is 0 Å². The van der Waals surface area contributed by atoms with Gasteiger partial charge in [-0.15, -0.1) is 0 Å². The average Bonchev–Trinajstić information content (AvgIpc) is 2.27. The predicted octanol–water partition coefficient (Wildman–Crippen LogP) is 2.94. The van der Waals surface area contributed by atoms with Crippen molar-refractivity contribution in [3.8, 4) is 0 Å². The summed E-state index contributed by atoms with van der Waals surface area (Å²) in [4.78, 5) is 0. The molecule has 0 unspecified atom stereocenters. The molecule has 1 aliphatic rings. The zero-order valence-corrected chi connectivity index (χ0v) is 6.98. The third kappa shape index (κ3) is 1.11. The molecule has 1 aromatic rings. The number of aryl methyl sites for hydroxylation is 2. The molecule has 0 aliphatic heterocycles. The van der Waals surface area contributed by atoms with Crippen LogP contribution in [-0.4, -0.2) is 0 Å². The Balaban J connectivity index is 2.50. The van der Waals surface area contributed by atoms with Crippen molar-refractivity contribution in [1.82, 2.24) is 0 Å². The SMILES string of the molecule is CC1=Cc2cc(C)oc2CC1. The second-order valence-electron chi connectivity index (χ2n) is 3.23. The lowest BCUT2D eigenvalue weighted by Crippen LogP contribution is -1.92. The van der Waals surface area contributed by atoms with Crippen LogP contribution in [0.15, 0.2) is 16.1 Å². The Kier molecular flexibility index (Phi) is 1.38. The minimum Gasteiger partial charge on any atom is -0.466 e. The van der Waals surface area contributed by atoms with Gasteiger partial charge in [-0.05, 0) is 26.3 Å². The molecule has 0 saturated heterocycles. The maximum atomic E-state index is 5.51. The molecule has 0 saturated carbocycles. The van der Waals surface area contributed by atoms with Crippen LogP contribution in [0, 0.1) is 6.92 Å². The van der Waals surface area contributed by atoms with Gasteiger partial charge in [0.05, 0.1) is 0 Å². The molecule has 58 valence electrons. The predicted molar refractivity (Wildman–Crippen MR) is 45.4 cm³/mol. The fourth-order valence-corrected chi connectivity index (χ4v) is 1.55. The summed E-state index contributed by atoms with van der Waals surface area (Å²) in [5.74, 6) is 2.19. The molecule has 0 spiro atoms. The molecule has 0 radical (unpaired) electrons. The Morgan fingerprint density at radius 2 is 2.09 bits per heavy atom. The molecule has 1 aliphatic carbocycles. The van der Waals surface area contributed by atoms with Gasteiger partial charge in [0.15, 0.2) is 0 Å². The molecule has 0 aromatic carbocycles. The summed E-state index contributed by atoms with van der Waals surface area (Å²) in [6.07, 6.45) is 4.45. The summed E-state index contributed by atoms with van der Waals surface area (Å²) in [6.45, 7) is 4.17. The fourth-order valence-electron chi connectivity index (χ4n) is 1.55. The highest BCUT2D eigenvalue weighted by Gasteiger charge is 2.11. The first-order valence-electron chi connectivity index (χ1n) is 4.02. The molecule has 1 heterocycles. The monoisotopic (exact) mass is 148 g/mol. The minimum atomic E-state index is 1.03. The molecule has 0 fully saturated rings. The number of allylic oxidation sites excluding steroid dienone is 1. The summed E-state index contributed by atoms with van der Waals surface area (Å²) in [5.41, 5.74) is 2.74. The smallest absolute Gasteiger partial charge is 0.111 e. The van der Waals surface area contributed by atoms with E-state index in [-0.39, 0.29) is 0 Å². The van der Waals surface area contributed by atoms with Crippen molar-refractivity contribution < 1.29 is 4.42 Å². The molecule has 0 bridgehead atoms. The van der Waals surface area contributed by atoms with Gasteiger partial charge in [0.2, 0.25) is 0 Å². The Hall–Kier alpha value is -0.980. The van der Waals surface area contributed by atoms with E-state index in [0.717, 1.165) is 24.4 Å². The third-order valence-electron chi connectivity index (χ3n) is 2.11. The van der Waals surface area contributed by atoms with Gasteiger partial charge in [-0.2, -0.15) is 0 Å². The van der Waals surface area contributed by atoms with Crippen LogP contribution in [0.5, 0.6) is 0 Å². The van der Waals surface area contributed by atoms with Crippen LogP contribution in [0.25, 0.3) is 6.08 Å². The number of rotatable bonds is 0. The lowest BCUT2D eigenvalue weighted by molar-refractivity contribution is 0.480. The van der Waals surface area contributed by atoms with E-state index in [9.17, 15) is 0 Å². The average molecular weight is 148 g/mol. The van der Waals surface area contributed by atoms with Gasteiger partial charge in [0.1, 0.15) is 11.5 Å². The quantitative estimate of drug-likeness (QED) is 0.551. The summed E-state index contributed by atoms with van der Waals surface area (Å²) >= 11 is 0. The zero-order chi connectivity index (χ0) is 7.84. The lowest BCUT2D eigenvalue weighted by Gasteiger charge is -2.06. The maximum Gasteiger partial charge on any atom is 0.111 e. The van der Waals surface area contributed by atoms with E-state index < -0.39 is 0 Å². The Morgan fingerprint density at radius 3 is 2.91 bits per heavy atom. The molecule has 11 heavy (non-hydrogen) atoms. The molecular formula is C10H12O. The normalized spacial score (nSPS) is 16.0. The number of hydrogen-bond donors (Lipinski definition) is 0. The molecule has 1 aromatic heterocycles. The fraction of sp³-hybridized carbons (Fsp3) is 0.400. The maximum absolute atomic E-state index is 5.51. The number of hydrogen-bond acceptors (Lipinski definition) is 1. The molecular weight excluding hydrogens is 136 g/mol. The van der Waals surface area contributed by atoms with Crippen LogP contribution in [0.3, 0.4) is 0 Å². The minimum absolute atomic E-state index is 1.03. The van der Waals surface area contributed by atoms with E-state index in [1.165, 1.54) is 11.1 Å². The molecule has 0 N–H and O–H groups in total. The molecule has 1 heteroatoms. The highest BCUT2D eigenvalue weighted by molar-refractivity contribution is 5.57. The van der Waals surface area contributed by atoms with Crippen LogP contribution < -0.4 is 0 Å². The largest absolute Gasteiger partial charge is 0.466 e. The highest BCUT2D eigenvalue weighted by atomic mass is 16.3. The van der Waals surface area contributed by atoms with Crippen molar-refractivity contribution in [2.75, 3.05) is 0 Å². The van der Waals surface area contributed by atoms with E-state index >= 15 is 0 Å². The van der Waals surface area contributed by atoms with Crippen LogP contribution in [-0.2, 0) is 6.42 Å². The Bertz CT molecular complexity index is 305. The van der Waals surface area contributed by atoms with Gasteiger partial charge in [-0.1, -0.05) is 11.6 Å². The Morgan fingerprint density at radius 1 is 1.27 bits per heavy atom.